The van der Waals surface area contributed by atoms with Crippen LogP contribution in [0.2, 0.25) is 0 Å². The molecular weight excluding hydrogens is 288 g/mol. The number of hydrazine groups is 4. The summed E-state index contributed by atoms with van der Waals surface area (Å²) in [7, 11) is 0. The van der Waals surface area contributed by atoms with E-state index in [4.69, 9.17) is 10.4 Å². The predicted molar refractivity (Wildman–Crippen MR) is 51.6 cm³/mol. The minimum absolute atomic E-state index is 0.258. The minimum atomic E-state index is -1.02. The zero-order chi connectivity index (χ0) is 15.4. The second-order valence-electron chi connectivity index (χ2n) is 3.57. The molecule has 1 fully saturated rings. The first-order valence-corrected chi connectivity index (χ1v) is 4.83. The van der Waals surface area contributed by atoms with Crippen LogP contribution in [0.3, 0.4) is 0 Å². The minimum Gasteiger partial charge on any atom is -0.235 e. The van der Waals surface area contributed by atoms with Crippen molar-refractivity contribution < 1.29 is 30.5 Å². The van der Waals surface area contributed by atoms with E-state index in [1.54, 1.807) is 0 Å². The maximum Gasteiger partial charge on any atom is 0.361 e. The zero-order valence-corrected chi connectivity index (χ0v) is 9.75. The molecule has 0 aliphatic carbocycles. The lowest BCUT2D eigenvalue weighted by molar-refractivity contribution is -0.948. The smallest absolute Gasteiger partial charge is 0.235 e. The van der Waals surface area contributed by atoms with Crippen molar-refractivity contribution in [2.75, 3.05) is 26.7 Å². The molecule has 0 bridgehead atoms. The number of nitrogens with zero attached hydrogens (tertiary/aromatic N) is 8. The highest BCUT2D eigenvalue weighted by molar-refractivity contribution is 4.49. The molecule has 1 aliphatic heterocycles. The van der Waals surface area contributed by atoms with Gasteiger partial charge in [0, 0.05) is 0 Å². The third kappa shape index (κ3) is 3.40. The Bertz CT molecular complexity index is 352. The van der Waals surface area contributed by atoms with Crippen LogP contribution in [-0.4, -0.2) is 77.3 Å². The van der Waals surface area contributed by atoms with Crippen LogP contribution < -0.4 is 0 Å². The molecule has 0 saturated carbocycles. The molecule has 0 unspecified atom stereocenters. The first kappa shape index (κ1) is 14.9. The highest BCUT2D eigenvalue weighted by Crippen LogP contribution is 2.06. The summed E-state index contributed by atoms with van der Waals surface area (Å²) in [6.07, 6.45) is 0. The van der Waals surface area contributed by atoms with Gasteiger partial charge in [-0.2, -0.15) is 0 Å². The van der Waals surface area contributed by atoms with Gasteiger partial charge in [0.05, 0.1) is 0 Å². The van der Waals surface area contributed by atoms with Gasteiger partial charge in [0.15, 0.2) is 10.1 Å². The normalized spacial score (nSPS) is 16.4. The van der Waals surface area contributed by atoms with E-state index < -0.39 is 46.8 Å². The Morgan fingerprint density at radius 1 is 0.650 bits per heavy atom. The van der Waals surface area contributed by atoms with E-state index >= 15 is 0 Å². The molecule has 0 radical (unpaired) electrons. The van der Waals surface area contributed by atoms with E-state index in [2.05, 4.69) is 0 Å². The standard InChI is InChI=1S/C4H10N8O8/c13-9(14)5-1-6(10(15)16)3-8(12(19)20)4-7(2-5)11(17)18/h1-4H2,(H,13,14)(H,15,16)/q+2. The van der Waals surface area contributed by atoms with Crippen LogP contribution >= 0.6 is 0 Å². The lowest BCUT2D eigenvalue weighted by Crippen LogP contribution is -2.59. The van der Waals surface area contributed by atoms with Gasteiger partial charge in [0.1, 0.15) is 9.81 Å². The first-order chi connectivity index (χ1) is 9.22. The van der Waals surface area contributed by atoms with Crippen LogP contribution in [0.25, 0.3) is 0 Å². The third-order valence-electron chi connectivity index (χ3n) is 2.25. The lowest BCUT2D eigenvalue weighted by Gasteiger charge is -2.25. The second kappa shape index (κ2) is 5.63. The molecule has 1 aliphatic rings. The lowest BCUT2D eigenvalue weighted by atomic mass is 10.7. The van der Waals surface area contributed by atoms with Gasteiger partial charge in [-0.25, -0.2) is 30.6 Å². The maximum absolute atomic E-state index is 10.8. The monoisotopic (exact) mass is 298 g/mol. The van der Waals surface area contributed by atoms with Crippen LogP contribution in [0.15, 0.2) is 0 Å². The Hall–Kier alpha value is -3.20. The summed E-state index contributed by atoms with van der Waals surface area (Å²) >= 11 is 0. The molecular formula is C4H10N8O8+2. The van der Waals surface area contributed by atoms with Crippen molar-refractivity contribution in [2.45, 2.75) is 0 Å². The first-order valence-electron chi connectivity index (χ1n) is 4.83. The van der Waals surface area contributed by atoms with Gasteiger partial charge in [0.25, 0.3) is 0 Å². The average molecular weight is 298 g/mol. The fraction of sp³-hybridized carbons (Fsp3) is 1.00. The highest BCUT2D eigenvalue weighted by Gasteiger charge is 2.42. The number of hydrogen-bond acceptors (Lipinski definition) is 6. The van der Waals surface area contributed by atoms with Crippen LogP contribution in [0.1, 0.15) is 0 Å². The predicted octanol–water partition coefficient (Wildman–Crippen LogP) is -2.41. The highest BCUT2D eigenvalue weighted by atomic mass is 16.7. The second-order valence-corrected chi connectivity index (χ2v) is 3.57. The molecule has 20 heavy (non-hydrogen) atoms. The van der Waals surface area contributed by atoms with Crippen molar-refractivity contribution in [2.24, 2.45) is 0 Å². The van der Waals surface area contributed by atoms with E-state index in [9.17, 15) is 30.0 Å². The van der Waals surface area contributed by atoms with Crippen molar-refractivity contribution >= 4 is 0 Å². The van der Waals surface area contributed by atoms with Gasteiger partial charge in [0.2, 0.25) is 26.7 Å². The van der Waals surface area contributed by atoms with Gasteiger partial charge < -0.3 is 0 Å². The Balaban J connectivity index is 3.02. The van der Waals surface area contributed by atoms with E-state index in [1.165, 1.54) is 0 Å². The Labute approximate surface area is 108 Å². The number of rotatable bonds is 4. The fourth-order valence-corrected chi connectivity index (χ4v) is 1.36. The summed E-state index contributed by atoms with van der Waals surface area (Å²) < 4.78 is 0. The Kier molecular flexibility index (Phi) is 4.18. The number of hydrogen-bond donors (Lipinski definition) is 2. The van der Waals surface area contributed by atoms with Crippen molar-refractivity contribution in [3.8, 4) is 0 Å². The molecule has 0 amide bonds. The Morgan fingerprint density at radius 2 is 0.900 bits per heavy atom. The quantitative estimate of drug-likeness (QED) is 0.415. The zero-order valence-electron chi connectivity index (χ0n) is 9.75. The Morgan fingerprint density at radius 3 is 1.15 bits per heavy atom. The number of nitro groups is 2. The van der Waals surface area contributed by atoms with E-state index in [0.717, 1.165) is 0 Å². The van der Waals surface area contributed by atoms with E-state index in [1.807, 2.05) is 0 Å². The third-order valence-corrected chi connectivity index (χ3v) is 2.25. The molecule has 112 valence electrons. The summed E-state index contributed by atoms with van der Waals surface area (Å²) in [4.78, 5) is 43.0. The topological polar surface area (TPSA) is 180 Å². The molecule has 1 saturated heterocycles. The van der Waals surface area contributed by atoms with E-state index in [-0.39, 0.29) is 10.0 Å². The SMILES string of the molecule is O=[N+]([O-])N1CN([N+](=O)[O-])CN([N+](=O)O)CN([N+](=O)O)C1. The van der Waals surface area contributed by atoms with Crippen LogP contribution in [0.5, 0.6) is 0 Å². The molecule has 0 aromatic heterocycles. The molecule has 0 aromatic rings. The van der Waals surface area contributed by atoms with Crippen molar-refractivity contribution in [3.63, 3.8) is 0 Å². The van der Waals surface area contributed by atoms with Gasteiger partial charge in [-0.05, 0) is 10.0 Å². The molecule has 1 rings (SSSR count). The van der Waals surface area contributed by atoms with Gasteiger partial charge in [-0.15, -0.1) is 0 Å². The largest absolute Gasteiger partial charge is 0.361 e. The summed E-state index contributed by atoms with van der Waals surface area (Å²) in [6, 6.07) is 0. The summed E-state index contributed by atoms with van der Waals surface area (Å²) in [6.45, 7) is -3.44. The van der Waals surface area contributed by atoms with Crippen LogP contribution in [0.4, 0.5) is 0 Å². The fourth-order valence-electron chi connectivity index (χ4n) is 1.36. The van der Waals surface area contributed by atoms with Crippen LogP contribution in [0, 0.1) is 30.0 Å². The molecule has 16 heteroatoms. The molecule has 0 atom stereocenters. The van der Waals surface area contributed by atoms with Gasteiger partial charge >= 0.3 is 10.1 Å². The average Bonchev–Trinajstić information content (AvgIpc) is 2.26. The van der Waals surface area contributed by atoms with Crippen LogP contribution in [-0.2, 0) is 0 Å². The summed E-state index contributed by atoms with van der Waals surface area (Å²) in [5.41, 5.74) is 0. The molecule has 2 N–H and O–H groups in total. The van der Waals surface area contributed by atoms with Crippen molar-refractivity contribution in [1.29, 1.82) is 0 Å². The summed E-state index contributed by atoms with van der Waals surface area (Å²) in [5.74, 6) is 0. The van der Waals surface area contributed by atoms with Crippen molar-refractivity contribution in [3.05, 3.63) is 30.0 Å². The molecule has 0 aromatic carbocycles. The molecule has 0 spiro atoms. The summed E-state index contributed by atoms with van der Waals surface area (Å²) in [5, 5.41) is 36.5. The maximum atomic E-state index is 10.8. The molecule has 16 nitrogen and oxygen atoms in total. The van der Waals surface area contributed by atoms with E-state index in [0.29, 0.717) is 10.0 Å². The van der Waals surface area contributed by atoms with Crippen molar-refractivity contribution in [1.82, 2.24) is 20.0 Å². The van der Waals surface area contributed by atoms with Gasteiger partial charge in [-0.1, -0.05) is 10.0 Å². The van der Waals surface area contributed by atoms with Gasteiger partial charge in [-0.3, -0.25) is 0 Å². The molecule has 1 heterocycles.